The Labute approximate surface area is 71.3 Å². The molecule has 0 radical (unpaired) electrons. The highest BCUT2D eigenvalue weighted by Crippen LogP contribution is 1.92. The lowest BCUT2D eigenvalue weighted by Gasteiger charge is -2.04. The second-order valence-corrected chi connectivity index (χ2v) is 1.99. The highest BCUT2D eigenvalue weighted by atomic mass is 35.5. The first-order valence-electron chi connectivity index (χ1n) is 2.61. The first-order chi connectivity index (χ1) is 4.22. The van der Waals surface area contributed by atoms with E-state index in [1.807, 2.05) is 0 Å². The Balaban J connectivity index is 0. The average molecular weight is 188 g/mol. The minimum Gasteiger partial charge on any atom is -0.468 e. The minimum absolute atomic E-state index is 0. The van der Waals surface area contributed by atoms with E-state index in [2.05, 4.69) is 4.74 Å². The van der Waals surface area contributed by atoms with Crippen LogP contribution < -0.4 is 5.73 Å². The molecule has 0 aliphatic carbocycles. The van der Waals surface area contributed by atoms with Crippen molar-refractivity contribution in [2.24, 2.45) is 5.73 Å². The van der Waals surface area contributed by atoms with Crippen molar-refractivity contribution in [3.05, 3.63) is 0 Å². The van der Waals surface area contributed by atoms with Gasteiger partial charge in [-0.1, -0.05) is 0 Å². The molecule has 62 valence electrons. The first kappa shape index (κ1) is 12.7. The molecule has 3 nitrogen and oxygen atoms in total. The van der Waals surface area contributed by atoms with Crippen LogP contribution >= 0.6 is 24.0 Å². The van der Waals surface area contributed by atoms with E-state index in [-0.39, 0.29) is 12.4 Å². The molecule has 0 saturated carbocycles. The van der Waals surface area contributed by atoms with Crippen molar-refractivity contribution < 1.29 is 9.53 Å². The molecule has 0 heterocycles. The smallest absolute Gasteiger partial charge is 0.322 e. The molecule has 0 aliphatic rings. The topological polar surface area (TPSA) is 52.3 Å². The molecule has 0 bridgehead atoms. The molecule has 10 heavy (non-hydrogen) atoms. The standard InChI is InChI=1S/C5H10ClNO2.ClH/c1-9-5(8)4(7)2-3-6;/h4H,2-3,7H2,1H3;1H/t4-;/m0./s1. The summed E-state index contributed by atoms with van der Waals surface area (Å²) < 4.78 is 4.34. The summed E-state index contributed by atoms with van der Waals surface area (Å²) in [7, 11) is 1.30. The van der Waals surface area contributed by atoms with Crippen LogP contribution in [0.3, 0.4) is 0 Å². The van der Waals surface area contributed by atoms with Gasteiger partial charge in [0.2, 0.25) is 0 Å². The summed E-state index contributed by atoms with van der Waals surface area (Å²) in [5.41, 5.74) is 5.28. The molecule has 0 unspecified atom stereocenters. The zero-order valence-corrected chi connectivity index (χ0v) is 7.24. The SMILES string of the molecule is COC(=O)[C@@H](N)CCCl.Cl. The molecule has 0 aliphatic heterocycles. The number of methoxy groups -OCH3 is 1. The van der Waals surface area contributed by atoms with Crippen LogP contribution in [-0.4, -0.2) is 25.0 Å². The maximum atomic E-state index is 10.5. The molecule has 1 atom stereocenters. The molecule has 5 heteroatoms. The van der Waals surface area contributed by atoms with Gasteiger partial charge in [-0.25, -0.2) is 0 Å². The van der Waals surface area contributed by atoms with Crippen LogP contribution in [0.2, 0.25) is 0 Å². The number of halogens is 2. The molecule has 0 spiro atoms. The molecule has 2 N–H and O–H groups in total. The van der Waals surface area contributed by atoms with Gasteiger partial charge in [0.25, 0.3) is 0 Å². The fourth-order valence-corrected chi connectivity index (χ4v) is 0.622. The number of hydrogen-bond donors (Lipinski definition) is 1. The lowest BCUT2D eigenvalue weighted by molar-refractivity contribution is -0.142. The Morgan fingerprint density at radius 3 is 2.60 bits per heavy atom. The number of alkyl halides is 1. The Morgan fingerprint density at radius 1 is 1.80 bits per heavy atom. The summed E-state index contributed by atoms with van der Waals surface area (Å²) in [5, 5.41) is 0. The number of rotatable bonds is 3. The number of carbonyl (C=O) groups is 1. The lowest BCUT2D eigenvalue weighted by atomic mass is 10.2. The monoisotopic (exact) mass is 187 g/mol. The molecular weight excluding hydrogens is 177 g/mol. The molecule has 0 saturated heterocycles. The molecule has 0 amide bonds. The maximum absolute atomic E-state index is 10.5. The summed E-state index contributed by atoms with van der Waals surface area (Å²) >= 11 is 5.31. The molecule has 0 aromatic rings. The minimum atomic E-state index is -0.563. The van der Waals surface area contributed by atoms with Crippen LogP contribution in [0.15, 0.2) is 0 Å². The van der Waals surface area contributed by atoms with Crippen molar-refractivity contribution in [1.82, 2.24) is 0 Å². The van der Waals surface area contributed by atoms with Gasteiger partial charge in [0.15, 0.2) is 0 Å². The van der Waals surface area contributed by atoms with Gasteiger partial charge in [0, 0.05) is 5.88 Å². The highest BCUT2D eigenvalue weighted by Gasteiger charge is 2.11. The van der Waals surface area contributed by atoms with Crippen molar-refractivity contribution >= 4 is 30.0 Å². The van der Waals surface area contributed by atoms with Crippen LogP contribution in [0.5, 0.6) is 0 Å². The zero-order valence-electron chi connectivity index (χ0n) is 5.67. The van der Waals surface area contributed by atoms with Crippen LogP contribution in [0, 0.1) is 0 Å². The molecular formula is C5H11Cl2NO2. The number of esters is 1. The molecule has 0 aromatic carbocycles. The Bertz CT molecular complexity index is 99.6. The summed E-state index contributed by atoms with van der Waals surface area (Å²) in [5.74, 6) is -0.0216. The fraction of sp³-hybridized carbons (Fsp3) is 0.800. The van der Waals surface area contributed by atoms with Crippen molar-refractivity contribution in [3.8, 4) is 0 Å². The van der Waals surface area contributed by atoms with Gasteiger partial charge in [-0.2, -0.15) is 0 Å². The van der Waals surface area contributed by atoms with Crippen molar-refractivity contribution in [2.75, 3.05) is 13.0 Å². The van der Waals surface area contributed by atoms with E-state index in [4.69, 9.17) is 17.3 Å². The number of ether oxygens (including phenoxy) is 1. The van der Waals surface area contributed by atoms with Crippen molar-refractivity contribution in [3.63, 3.8) is 0 Å². The van der Waals surface area contributed by atoms with Crippen LogP contribution in [0.4, 0.5) is 0 Å². The van der Waals surface area contributed by atoms with Gasteiger partial charge in [-0.05, 0) is 6.42 Å². The first-order valence-corrected chi connectivity index (χ1v) is 3.15. The van der Waals surface area contributed by atoms with E-state index in [9.17, 15) is 4.79 Å². The normalized spacial score (nSPS) is 11.5. The third-order valence-electron chi connectivity index (χ3n) is 0.924. The van der Waals surface area contributed by atoms with Crippen molar-refractivity contribution in [2.45, 2.75) is 12.5 Å². The Hall–Kier alpha value is 0.01000. The Kier molecular flexibility index (Phi) is 9.02. The van der Waals surface area contributed by atoms with Gasteiger partial charge in [-0.3, -0.25) is 4.79 Å². The summed E-state index contributed by atoms with van der Waals surface area (Å²) in [6.07, 6.45) is 0.466. The third-order valence-corrected chi connectivity index (χ3v) is 1.14. The molecule has 0 aromatic heterocycles. The van der Waals surface area contributed by atoms with Crippen LogP contribution in [-0.2, 0) is 9.53 Å². The maximum Gasteiger partial charge on any atom is 0.322 e. The van der Waals surface area contributed by atoms with E-state index < -0.39 is 12.0 Å². The van der Waals surface area contributed by atoms with E-state index >= 15 is 0 Å². The fourth-order valence-electron chi connectivity index (χ4n) is 0.387. The van der Waals surface area contributed by atoms with Crippen LogP contribution in [0.25, 0.3) is 0 Å². The molecule has 0 fully saturated rings. The lowest BCUT2D eigenvalue weighted by Crippen LogP contribution is -2.31. The largest absolute Gasteiger partial charge is 0.468 e. The Morgan fingerprint density at radius 2 is 2.30 bits per heavy atom. The van der Waals surface area contributed by atoms with E-state index in [0.29, 0.717) is 12.3 Å². The average Bonchev–Trinajstić information content (AvgIpc) is 1.87. The van der Waals surface area contributed by atoms with Gasteiger partial charge in [0.05, 0.1) is 7.11 Å². The summed E-state index contributed by atoms with van der Waals surface area (Å²) in [4.78, 5) is 10.5. The van der Waals surface area contributed by atoms with Crippen molar-refractivity contribution in [1.29, 1.82) is 0 Å². The summed E-state index contributed by atoms with van der Waals surface area (Å²) in [6.45, 7) is 0. The predicted molar refractivity (Wildman–Crippen MR) is 42.6 cm³/mol. The van der Waals surface area contributed by atoms with E-state index in [1.165, 1.54) is 7.11 Å². The molecule has 0 rings (SSSR count). The number of carbonyl (C=O) groups excluding carboxylic acids is 1. The van der Waals surface area contributed by atoms with Crippen LogP contribution in [0.1, 0.15) is 6.42 Å². The van der Waals surface area contributed by atoms with E-state index in [1.54, 1.807) is 0 Å². The predicted octanol–water partition coefficient (Wildman–Crippen LogP) is 0.537. The highest BCUT2D eigenvalue weighted by molar-refractivity contribution is 6.18. The van der Waals surface area contributed by atoms with Gasteiger partial charge >= 0.3 is 5.97 Å². The quantitative estimate of drug-likeness (QED) is 0.519. The summed E-state index contributed by atoms with van der Waals surface area (Å²) in [6, 6.07) is -0.563. The van der Waals surface area contributed by atoms with E-state index in [0.717, 1.165) is 0 Å². The number of nitrogens with two attached hydrogens (primary N) is 1. The zero-order chi connectivity index (χ0) is 7.28. The second-order valence-electron chi connectivity index (χ2n) is 1.61. The van der Waals surface area contributed by atoms with Gasteiger partial charge < -0.3 is 10.5 Å². The van der Waals surface area contributed by atoms with Gasteiger partial charge in [0.1, 0.15) is 6.04 Å². The van der Waals surface area contributed by atoms with Gasteiger partial charge in [-0.15, -0.1) is 24.0 Å². The number of hydrogen-bond acceptors (Lipinski definition) is 3. The second kappa shape index (κ2) is 7.12. The third kappa shape index (κ3) is 4.85.